The highest BCUT2D eigenvalue weighted by molar-refractivity contribution is 6.36. The van der Waals surface area contributed by atoms with E-state index in [0.717, 1.165) is 43.1 Å². The third-order valence-electron chi connectivity index (χ3n) is 7.44. The molecule has 6 nitrogen and oxygen atoms in total. The van der Waals surface area contributed by atoms with Gasteiger partial charge < -0.3 is 15.1 Å². The molecule has 0 aliphatic heterocycles. The standard InChI is InChI=1S/C31H25ClFN3O3/c1-15-8-10-20-28(27(15)33)35-30(38)36(29(20)37)24-7-5-6-18(16(24)2)25-21(32)12-13-22-26(25)19-11-9-17(31(3,4)39)14-23(19)34-22/h5-14,34,39H,1-4H3,(H,35,38). The van der Waals surface area contributed by atoms with Gasteiger partial charge in [-0.1, -0.05) is 41.9 Å². The van der Waals surface area contributed by atoms with Gasteiger partial charge in [0.25, 0.3) is 5.56 Å². The summed E-state index contributed by atoms with van der Waals surface area (Å²) < 4.78 is 15.7. The number of aromatic nitrogens is 3. The van der Waals surface area contributed by atoms with Crippen molar-refractivity contribution in [1.82, 2.24) is 14.5 Å². The molecule has 39 heavy (non-hydrogen) atoms. The molecule has 0 bridgehead atoms. The molecule has 2 aromatic heterocycles. The van der Waals surface area contributed by atoms with E-state index in [4.69, 9.17) is 11.6 Å². The van der Waals surface area contributed by atoms with E-state index in [0.29, 0.717) is 21.8 Å². The summed E-state index contributed by atoms with van der Waals surface area (Å²) in [4.78, 5) is 32.6. The minimum absolute atomic E-state index is 0.0851. The highest BCUT2D eigenvalue weighted by atomic mass is 35.5. The average molecular weight is 542 g/mol. The molecule has 2 heterocycles. The second-order valence-electron chi connectivity index (χ2n) is 10.4. The monoisotopic (exact) mass is 541 g/mol. The average Bonchev–Trinajstić information content (AvgIpc) is 3.25. The first-order valence-corrected chi connectivity index (χ1v) is 12.9. The molecule has 196 valence electrons. The van der Waals surface area contributed by atoms with Gasteiger partial charge in [-0.25, -0.2) is 13.8 Å². The lowest BCUT2D eigenvalue weighted by Gasteiger charge is -2.17. The molecule has 6 rings (SSSR count). The molecule has 0 aliphatic carbocycles. The summed E-state index contributed by atoms with van der Waals surface area (Å²) in [6.45, 7) is 6.87. The zero-order valence-corrected chi connectivity index (χ0v) is 22.5. The summed E-state index contributed by atoms with van der Waals surface area (Å²) in [5.41, 5.74) is 2.91. The lowest BCUT2D eigenvalue weighted by atomic mass is 9.93. The van der Waals surface area contributed by atoms with Crippen molar-refractivity contribution in [3.8, 4) is 16.8 Å². The molecular formula is C31H25ClFN3O3. The predicted molar refractivity (Wildman–Crippen MR) is 155 cm³/mol. The largest absolute Gasteiger partial charge is 0.386 e. The number of hydrogen-bond acceptors (Lipinski definition) is 3. The maximum absolute atomic E-state index is 14.7. The number of aliphatic hydroxyl groups is 1. The van der Waals surface area contributed by atoms with E-state index in [1.54, 1.807) is 39.0 Å². The van der Waals surface area contributed by atoms with Crippen LogP contribution in [0, 0.1) is 19.7 Å². The number of benzene rings is 4. The Hall–Kier alpha value is -4.20. The van der Waals surface area contributed by atoms with E-state index in [-0.39, 0.29) is 10.9 Å². The Morgan fingerprint density at radius 3 is 2.41 bits per heavy atom. The van der Waals surface area contributed by atoms with Gasteiger partial charge in [-0.3, -0.25) is 4.79 Å². The third-order valence-corrected chi connectivity index (χ3v) is 7.75. The van der Waals surface area contributed by atoms with Crippen molar-refractivity contribution >= 4 is 44.3 Å². The van der Waals surface area contributed by atoms with E-state index in [1.165, 1.54) is 12.1 Å². The molecule has 3 N–H and O–H groups in total. The highest BCUT2D eigenvalue weighted by Crippen LogP contribution is 2.42. The van der Waals surface area contributed by atoms with Crippen molar-refractivity contribution in [3.05, 3.63) is 109 Å². The van der Waals surface area contributed by atoms with Gasteiger partial charge in [0, 0.05) is 32.4 Å². The van der Waals surface area contributed by atoms with Gasteiger partial charge in [0.2, 0.25) is 0 Å². The van der Waals surface area contributed by atoms with Crippen molar-refractivity contribution in [2.45, 2.75) is 33.3 Å². The number of halogens is 2. The fourth-order valence-electron chi connectivity index (χ4n) is 5.33. The van der Waals surface area contributed by atoms with E-state index in [2.05, 4.69) is 9.97 Å². The topological polar surface area (TPSA) is 90.9 Å². The molecule has 0 saturated carbocycles. The first-order chi connectivity index (χ1) is 18.5. The van der Waals surface area contributed by atoms with Gasteiger partial charge in [-0.05, 0) is 80.3 Å². The molecule has 0 unspecified atom stereocenters. The minimum Gasteiger partial charge on any atom is -0.386 e. The van der Waals surface area contributed by atoms with Gasteiger partial charge in [0.05, 0.1) is 22.2 Å². The number of rotatable bonds is 3. The number of aromatic amines is 2. The molecule has 8 heteroatoms. The lowest BCUT2D eigenvalue weighted by molar-refractivity contribution is 0.0787. The van der Waals surface area contributed by atoms with Crippen LogP contribution in [0.4, 0.5) is 4.39 Å². The molecular weight excluding hydrogens is 517 g/mol. The Morgan fingerprint density at radius 1 is 0.923 bits per heavy atom. The molecule has 0 fully saturated rings. The first kappa shape index (κ1) is 25.1. The first-order valence-electron chi connectivity index (χ1n) is 12.5. The summed E-state index contributed by atoms with van der Waals surface area (Å²) in [6, 6.07) is 17.9. The van der Waals surface area contributed by atoms with Crippen molar-refractivity contribution in [1.29, 1.82) is 0 Å². The summed E-state index contributed by atoms with van der Waals surface area (Å²) >= 11 is 6.81. The maximum Gasteiger partial charge on any atom is 0.333 e. The maximum atomic E-state index is 14.7. The Balaban J connectivity index is 1.64. The van der Waals surface area contributed by atoms with Crippen LogP contribution in [0.2, 0.25) is 5.02 Å². The Bertz CT molecular complexity index is 2100. The molecule has 0 radical (unpaired) electrons. The van der Waals surface area contributed by atoms with Crippen LogP contribution in [0.25, 0.3) is 49.5 Å². The van der Waals surface area contributed by atoms with Crippen molar-refractivity contribution in [3.63, 3.8) is 0 Å². The summed E-state index contributed by atoms with van der Waals surface area (Å²) in [5, 5.41) is 12.9. The second-order valence-corrected chi connectivity index (χ2v) is 10.8. The van der Waals surface area contributed by atoms with Crippen LogP contribution in [-0.2, 0) is 5.60 Å². The number of hydrogen-bond donors (Lipinski definition) is 3. The minimum atomic E-state index is -1.00. The molecule has 6 aromatic rings. The fraction of sp³-hybridized carbons (Fsp3) is 0.161. The van der Waals surface area contributed by atoms with E-state index in [1.807, 2.05) is 37.3 Å². The number of nitrogens with zero attached hydrogens (tertiary/aromatic N) is 1. The fourth-order valence-corrected chi connectivity index (χ4v) is 5.59. The van der Waals surface area contributed by atoms with Gasteiger partial charge in [0.15, 0.2) is 0 Å². The predicted octanol–water partition coefficient (Wildman–Crippen LogP) is 6.62. The highest BCUT2D eigenvalue weighted by Gasteiger charge is 2.22. The molecule has 0 spiro atoms. The SMILES string of the molecule is Cc1ccc2c(=O)n(-c3cccc(-c4c(Cl)ccc5[nH]c6cc(C(C)(C)O)ccc6c45)c3C)c(=O)[nH]c2c1F. The van der Waals surface area contributed by atoms with Crippen LogP contribution in [-0.4, -0.2) is 19.6 Å². The smallest absolute Gasteiger partial charge is 0.333 e. The summed E-state index contributed by atoms with van der Waals surface area (Å²) in [7, 11) is 0. The molecule has 4 aromatic carbocycles. The normalized spacial score (nSPS) is 12.2. The van der Waals surface area contributed by atoms with Crippen LogP contribution in [0.15, 0.2) is 70.3 Å². The van der Waals surface area contributed by atoms with Crippen LogP contribution >= 0.6 is 11.6 Å². The van der Waals surface area contributed by atoms with Crippen molar-refractivity contribution in [2.24, 2.45) is 0 Å². The zero-order valence-electron chi connectivity index (χ0n) is 21.7. The quantitative estimate of drug-likeness (QED) is 0.235. The zero-order chi connectivity index (χ0) is 27.8. The number of aryl methyl sites for hydroxylation is 1. The van der Waals surface area contributed by atoms with Crippen LogP contribution in [0.1, 0.15) is 30.5 Å². The third kappa shape index (κ3) is 3.80. The van der Waals surface area contributed by atoms with Gasteiger partial charge in [-0.2, -0.15) is 0 Å². The summed E-state index contributed by atoms with van der Waals surface area (Å²) in [5.74, 6) is -0.620. The molecule has 0 saturated heterocycles. The van der Waals surface area contributed by atoms with Crippen LogP contribution in [0.3, 0.4) is 0 Å². The lowest BCUT2D eigenvalue weighted by Crippen LogP contribution is -2.34. The van der Waals surface area contributed by atoms with Gasteiger partial charge >= 0.3 is 5.69 Å². The van der Waals surface area contributed by atoms with Gasteiger partial charge in [0.1, 0.15) is 5.82 Å². The van der Waals surface area contributed by atoms with E-state index in [9.17, 15) is 19.1 Å². The number of nitrogens with one attached hydrogen (secondary N) is 2. The molecule has 0 aliphatic rings. The molecule has 0 atom stereocenters. The van der Waals surface area contributed by atoms with Gasteiger partial charge in [-0.15, -0.1) is 0 Å². The van der Waals surface area contributed by atoms with E-state index >= 15 is 0 Å². The Labute approximate surface area is 227 Å². The van der Waals surface area contributed by atoms with E-state index < -0.39 is 22.7 Å². The number of H-pyrrole nitrogens is 2. The Kier molecular flexibility index (Phi) is 5.57. The summed E-state index contributed by atoms with van der Waals surface area (Å²) in [6.07, 6.45) is 0. The Morgan fingerprint density at radius 2 is 1.67 bits per heavy atom. The van der Waals surface area contributed by atoms with Crippen LogP contribution in [0.5, 0.6) is 0 Å². The van der Waals surface area contributed by atoms with Crippen molar-refractivity contribution in [2.75, 3.05) is 0 Å². The van der Waals surface area contributed by atoms with Crippen molar-refractivity contribution < 1.29 is 9.50 Å². The van der Waals surface area contributed by atoms with Crippen LogP contribution < -0.4 is 11.2 Å². The number of fused-ring (bicyclic) bond motifs is 4. The second kappa shape index (κ2) is 8.66. The molecule has 0 amide bonds.